The van der Waals surface area contributed by atoms with E-state index in [1.165, 1.54) is 13.2 Å². The lowest BCUT2D eigenvalue weighted by molar-refractivity contribution is 0.411. The van der Waals surface area contributed by atoms with E-state index in [0.29, 0.717) is 11.3 Å². The molecule has 0 saturated carbocycles. The van der Waals surface area contributed by atoms with Gasteiger partial charge in [-0.25, -0.2) is 0 Å². The summed E-state index contributed by atoms with van der Waals surface area (Å²) in [6.07, 6.45) is 1.48. The van der Waals surface area contributed by atoms with Gasteiger partial charge in [0.2, 0.25) is 0 Å². The van der Waals surface area contributed by atoms with Crippen LogP contribution in [-0.4, -0.2) is 7.11 Å². The van der Waals surface area contributed by atoms with Crippen LogP contribution in [0, 0.1) is 22.7 Å². The lowest BCUT2D eigenvalue weighted by Gasteiger charge is -2.07. The number of rotatable bonds is 2. The van der Waals surface area contributed by atoms with Gasteiger partial charge in [-0.2, -0.15) is 10.5 Å². The van der Waals surface area contributed by atoms with Crippen molar-refractivity contribution in [2.75, 3.05) is 7.11 Å². The maximum Gasteiger partial charge on any atom is 0.140 e. The molecule has 0 spiro atoms. The lowest BCUT2D eigenvalue weighted by atomic mass is 10.1. The third kappa shape index (κ3) is 2.85. The number of hydrogen-bond donors (Lipinski definition) is 0. The summed E-state index contributed by atoms with van der Waals surface area (Å²) in [4.78, 5) is 0. The molecule has 1 aromatic rings. The molecule has 3 nitrogen and oxygen atoms in total. The molecular formula is C11H6Br2N2O. The van der Waals surface area contributed by atoms with E-state index in [-0.39, 0.29) is 5.57 Å². The Morgan fingerprint density at radius 3 is 2.44 bits per heavy atom. The number of nitrogens with zero attached hydrogens (tertiary/aromatic N) is 2. The predicted octanol–water partition coefficient (Wildman–Crippen LogP) is 3.65. The quantitative estimate of drug-likeness (QED) is 0.771. The Morgan fingerprint density at radius 1 is 1.31 bits per heavy atom. The van der Waals surface area contributed by atoms with E-state index in [1.54, 1.807) is 18.2 Å². The number of allylic oxidation sites excluding steroid dienone is 1. The fourth-order valence-electron chi connectivity index (χ4n) is 1.15. The first kappa shape index (κ1) is 12.8. The van der Waals surface area contributed by atoms with Gasteiger partial charge in [0.1, 0.15) is 23.5 Å². The Kier molecular flexibility index (Phi) is 4.54. The number of ether oxygens (including phenoxy) is 1. The highest BCUT2D eigenvalue weighted by atomic mass is 79.9. The van der Waals surface area contributed by atoms with Crippen LogP contribution in [0.5, 0.6) is 5.75 Å². The van der Waals surface area contributed by atoms with Crippen LogP contribution in [0.2, 0.25) is 0 Å². The molecule has 1 aromatic carbocycles. The zero-order valence-electron chi connectivity index (χ0n) is 8.29. The summed E-state index contributed by atoms with van der Waals surface area (Å²) >= 11 is 6.67. The van der Waals surface area contributed by atoms with Crippen molar-refractivity contribution < 1.29 is 4.74 Å². The van der Waals surface area contributed by atoms with Gasteiger partial charge >= 0.3 is 0 Å². The molecule has 0 atom stereocenters. The van der Waals surface area contributed by atoms with Gasteiger partial charge in [-0.3, -0.25) is 0 Å². The molecule has 5 heteroatoms. The van der Waals surface area contributed by atoms with E-state index in [0.717, 1.165) is 8.95 Å². The van der Waals surface area contributed by atoms with Gasteiger partial charge in [0.25, 0.3) is 0 Å². The first-order valence-electron chi connectivity index (χ1n) is 4.17. The van der Waals surface area contributed by atoms with E-state index in [1.807, 2.05) is 6.07 Å². The fourth-order valence-corrected chi connectivity index (χ4v) is 2.57. The minimum absolute atomic E-state index is 0.0308. The number of hydrogen-bond acceptors (Lipinski definition) is 3. The highest BCUT2D eigenvalue weighted by molar-refractivity contribution is 9.11. The molecule has 0 aliphatic heterocycles. The average molecular weight is 342 g/mol. The van der Waals surface area contributed by atoms with Gasteiger partial charge < -0.3 is 4.74 Å². The number of benzene rings is 1. The van der Waals surface area contributed by atoms with Crippen molar-refractivity contribution in [1.82, 2.24) is 0 Å². The van der Waals surface area contributed by atoms with Crippen LogP contribution in [0.1, 0.15) is 5.56 Å². The predicted molar refractivity (Wildman–Crippen MR) is 67.6 cm³/mol. The van der Waals surface area contributed by atoms with Crippen molar-refractivity contribution in [3.63, 3.8) is 0 Å². The smallest absolute Gasteiger partial charge is 0.140 e. The van der Waals surface area contributed by atoms with Gasteiger partial charge in [-0.05, 0) is 34.1 Å². The number of methoxy groups -OCH3 is 1. The molecule has 0 N–H and O–H groups in total. The van der Waals surface area contributed by atoms with E-state index < -0.39 is 0 Å². The maximum atomic E-state index is 8.68. The summed E-state index contributed by atoms with van der Waals surface area (Å²) in [6, 6.07) is 7.21. The molecule has 0 heterocycles. The van der Waals surface area contributed by atoms with Gasteiger partial charge in [-0.1, -0.05) is 15.9 Å². The minimum Gasteiger partial charge on any atom is -0.495 e. The molecule has 0 saturated heterocycles. The van der Waals surface area contributed by atoms with Crippen molar-refractivity contribution in [3.8, 4) is 17.9 Å². The second-order valence-corrected chi connectivity index (χ2v) is 4.56. The van der Waals surface area contributed by atoms with Gasteiger partial charge in [0, 0.05) is 10.0 Å². The van der Waals surface area contributed by atoms with Crippen molar-refractivity contribution in [2.24, 2.45) is 0 Å². The van der Waals surface area contributed by atoms with Crippen LogP contribution in [-0.2, 0) is 0 Å². The van der Waals surface area contributed by atoms with Crippen molar-refractivity contribution in [2.45, 2.75) is 0 Å². The molecular weight excluding hydrogens is 336 g/mol. The van der Waals surface area contributed by atoms with Crippen molar-refractivity contribution in [3.05, 3.63) is 32.2 Å². The monoisotopic (exact) mass is 340 g/mol. The van der Waals surface area contributed by atoms with Crippen LogP contribution in [0.3, 0.4) is 0 Å². The molecule has 0 bridgehead atoms. The molecule has 0 amide bonds. The number of nitriles is 2. The molecule has 0 aliphatic carbocycles. The third-order valence-corrected chi connectivity index (χ3v) is 2.83. The highest BCUT2D eigenvalue weighted by Crippen LogP contribution is 2.33. The van der Waals surface area contributed by atoms with Gasteiger partial charge in [-0.15, -0.1) is 0 Å². The summed E-state index contributed by atoms with van der Waals surface area (Å²) in [6.45, 7) is 0. The van der Waals surface area contributed by atoms with Crippen molar-refractivity contribution >= 4 is 37.9 Å². The Balaban J connectivity index is 3.40. The second kappa shape index (κ2) is 5.69. The van der Waals surface area contributed by atoms with Crippen LogP contribution >= 0.6 is 31.9 Å². The maximum absolute atomic E-state index is 8.68. The van der Waals surface area contributed by atoms with Crippen molar-refractivity contribution in [1.29, 1.82) is 10.5 Å². The zero-order valence-corrected chi connectivity index (χ0v) is 11.5. The van der Waals surface area contributed by atoms with Crippen LogP contribution in [0.4, 0.5) is 0 Å². The highest BCUT2D eigenvalue weighted by Gasteiger charge is 2.08. The Hall–Kier alpha value is -1.30. The molecule has 80 valence electrons. The largest absolute Gasteiger partial charge is 0.495 e. The molecule has 0 aromatic heterocycles. The zero-order chi connectivity index (χ0) is 12.1. The molecule has 0 aliphatic rings. The molecule has 0 unspecified atom stereocenters. The Morgan fingerprint density at radius 2 is 1.94 bits per heavy atom. The molecule has 1 rings (SSSR count). The number of halogens is 2. The second-order valence-electron chi connectivity index (χ2n) is 2.79. The molecule has 0 radical (unpaired) electrons. The Labute approximate surface area is 110 Å². The topological polar surface area (TPSA) is 56.8 Å². The van der Waals surface area contributed by atoms with Crippen LogP contribution < -0.4 is 4.74 Å². The average Bonchev–Trinajstić information content (AvgIpc) is 2.25. The summed E-state index contributed by atoms with van der Waals surface area (Å²) < 4.78 is 6.78. The van der Waals surface area contributed by atoms with E-state index in [2.05, 4.69) is 31.9 Å². The minimum atomic E-state index is 0.0308. The SMILES string of the molecule is COc1c(Br)cc(Br)cc1C=C(C#N)C#N. The first-order valence-corrected chi connectivity index (χ1v) is 5.76. The Bertz CT molecular complexity index is 508. The van der Waals surface area contributed by atoms with Gasteiger partial charge in [0.15, 0.2) is 0 Å². The lowest BCUT2D eigenvalue weighted by Crippen LogP contribution is -1.89. The van der Waals surface area contributed by atoms with Crippen LogP contribution in [0.15, 0.2) is 26.7 Å². The van der Waals surface area contributed by atoms with E-state index in [9.17, 15) is 0 Å². The first-order chi connectivity index (χ1) is 7.62. The standard InChI is InChI=1S/C11H6Br2N2O/c1-16-11-8(2-7(5-14)6-15)3-9(12)4-10(11)13/h2-4H,1H3. The molecule has 0 fully saturated rings. The fraction of sp³-hybridized carbons (Fsp3) is 0.0909. The van der Waals surface area contributed by atoms with E-state index in [4.69, 9.17) is 15.3 Å². The third-order valence-electron chi connectivity index (χ3n) is 1.78. The molecule has 16 heavy (non-hydrogen) atoms. The van der Waals surface area contributed by atoms with Gasteiger partial charge in [0.05, 0.1) is 11.6 Å². The summed E-state index contributed by atoms with van der Waals surface area (Å²) in [5.41, 5.74) is 0.699. The summed E-state index contributed by atoms with van der Waals surface area (Å²) in [5, 5.41) is 17.4. The van der Waals surface area contributed by atoms with E-state index >= 15 is 0 Å². The van der Waals surface area contributed by atoms with Crippen LogP contribution in [0.25, 0.3) is 6.08 Å². The normalized spacial score (nSPS) is 8.81. The summed E-state index contributed by atoms with van der Waals surface area (Å²) in [5.74, 6) is 0.589. The summed E-state index contributed by atoms with van der Waals surface area (Å²) in [7, 11) is 1.53.